The second kappa shape index (κ2) is 5.90. The maximum Gasteiger partial charge on any atom is 0.264 e. The summed E-state index contributed by atoms with van der Waals surface area (Å²) in [4.78, 5) is 3.54. The molecule has 0 aliphatic rings. The molecule has 0 amide bonds. The fraction of sp³-hybridized carbons (Fsp3) is 0.0833. The molecule has 0 fully saturated rings. The Morgan fingerprint density at radius 1 is 1.29 bits per heavy atom. The number of benzene rings is 1. The average Bonchev–Trinajstić information content (AvgIpc) is 2.37. The summed E-state index contributed by atoms with van der Waals surface area (Å²) >= 11 is 6.11. The summed E-state index contributed by atoms with van der Waals surface area (Å²) in [5, 5.41) is 0. The Hall–Kier alpha value is -1.19. The lowest BCUT2D eigenvalue weighted by molar-refractivity contribution is 0.567. The molecule has 0 spiro atoms. The molecule has 9 heteroatoms. The van der Waals surface area contributed by atoms with Crippen molar-refractivity contribution in [2.45, 2.75) is 11.8 Å². The molecule has 0 saturated heterocycles. The van der Waals surface area contributed by atoms with Gasteiger partial charge in [-0.2, -0.15) is 0 Å². The first-order valence-electron chi connectivity index (χ1n) is 5.61. The van der Waals surface area contributed by atoms with E-state index in [0.29, 0.717) is 10.3 Å². The Balaban J connectivity index is 2.48. The Kier molecular flexibility index (Phi) is 4.54. The van der Waals surface area contributed by atoms with Gasteiger partial charge in [-0.1, -0.05) is 0 Å². The molecular formula is C12H10Br2FN3O2S. The van der Waals surface area contributed by atoms with Crippen LogP contribution >= 0.6 is 31.9 Å². The van der Waals surface area contributed by atoms with Crippen LogP contribution in [0.5, 0.6) is 0 Å². The van der Waals surface area contributed by atoms with Crippen molar-refractivity contribution in [2.75, 3.05) is 10.5 Å². The lowest BCUT2D eigenvalue weighted by Crippen LogP contribution is -2.16. The van der Waals surface area contributed by atoms with Crippen LogP contribution in [0.15, 0.2) is 38.2 Å². The lowest BCUT2D eigenvalue weighted by Gasteiger charge is -2.12. The number of nitrogens with zero attached hydrogens (tertiary/aromatic N) is 1. The average molecular weight is 439 g/mol. The highest BCUT2D eigenvalue weighted by Crippen LogP contribution is 2.28. The van der Waals surface area contributed by atoms with Crippen LogP contribution < -0.4 is 10.5 Å². The van der Waals surface area contributed by atoms with Gasteiger partial charge in [-0.3, -0.25) is 4.72 Å². The van der Waals surface area contributed by atoms with Crippen molar-refractivity contribution in [3.05, 3.63) is 44.9 Å². The first-order valence-corrected chi connectivity index (χ1v) is 8.68. The molecule has 1 heterocycles. The summed E-state index contributed by atoms with van der Waals surface area (Å²) in [5.74, 6) is -0.903. The molecule has 112 valence electrons. The summed E-state index contributed by atoms with van der Waals surface area (Å²) in [5.41, 5.74) is 6.41. The first kappa shape index (κ1) is 16.2. The van der Waals surface area contributed by atoms with Gasteiger partial charge in [0.2, 0.25) is 0 Å². The van der Waals surface area contributed by atoms with Gasteiger partial charge in [0.05, 0.1) is 15.9 Å². The molecular weight excluding hydrogens is 429 g/mol. The van der Waals surface area contributed by atoms with Gasteiger partial charge in [0.1, 0.15) is 9.50 Å². The minimum Gasteiger partial charge on any atom is -0.399 e. The Morgan fingerprint density at radius 3 is 2.57 bits per heavy atom. The van der Waals surface area contributed by atoms with E-state index < -0.39 is 20.7 Å². The highest BCUT2D eigenvalue weighted by molar-refractivity contribution is 9.10. The molecule has 0 aliphatic carbocycles. The minimum atomic E-state index is -4.11. The highest BCUT2D eigenvalue weighted by Gasteiger charge is 2.22. The number of sulfonamides is 1. The molecule has 2 rings (SSSR count). The van der Waals surface area contributed by atoms with Crippen LogP contribution in [0.25, 0.3) is 0 Å². The van der Waals surface area contributed by atoms with Gasteiger partial charge in [0, 0.05) is 5.69 Å². The fourth-order valence-electron chi connectivity index (χ4n) is 1.62. The number of rotatable bonds is 3. The van der Waals surface area contributed by atoms with Gasteiger partial charge in [0.15, 0.2) is 5.82 Å². The number of anilines is 2. The van der Waals surface area contributed by atoms with E-state index in [9.17, 15) is 12.8 Å². The largest absolute Gasteiger partial charge is 0.399 e. The second-order valence-corrected chi connectivity index (χ2v) is 7.50. The van der Waals surface area contributed by atoms with Gasteiger partial charge in [-0.25, -0.2) is 17.8 Å². The van der Waals surface area contributed by atoms with Crippen molar-refractivity contribution >= 4 is 53.3 Å². The smallest absolute Gasteiger partial charge is 0.264 e. The topological polar surface area (TPSA) is 85.1 Å². The van der Waals surface area contributed by atoms with Gasteiger partial charge in [0.25, 0.3) is 10.0 Å². The molecule has 3 N–H and O–H groups in total. The van der Waals surface area contributed by atoms with Crippen LogP contribution in [0, 0.1) is 12.7 Å². The standard InChI is InChI=1S/C12H10Br2FN3O2S/c1-6-9(2-3-11(14)17-6)18-21(19,20)10-5-7(16)4-8(13)12(10)15/h2-5,18H,16H2,1H3. The van der Waals surface area contributed by atoms with Crippen LogP contribution in [0.2, 0.25) is 0 Å². The summed E-state index contributed by atoms with van der Waals surface area (Å²) in [6.07, 6.45) is 0. The fourth-order valence-corrected chi connectivity index (χ4v) is 3.88. The number of pyridine rings is 1. The van der Waals surface area contributed by atoms with E-state index >= 15 is 0 Å². The van der Waals surface area contributed by atoms with Crippen molar-refractivity contribution in [2.24, 2.45) is 0 Å². The maximum absolute atomic E-state index is 14.0. The van der Waals surface area contributed by atoms with Crippen LogP contribution in [0.1, 0.15) is 5.69 Å². The number of nitrogens with one attached hydrogen (secondary N) is 1. The van der Waals surface area contributed by atoms with Gasteiger partial charge in [-0.15, -0.1) is 0 Å². The van der Waals surface area contributed by atoms with Crippen molar-refractivity contribution in [1.29, 1.82) is 0 Å². The number of nitrogens with two attached hydrogens (primary N) is 1. The van der Waals surface area contributed by atoms with Crippen LogP contribution in [-0.2, 0) is 10.0 Å². The maximum atomic E-state index is 14.0. The monoisotopic (exact) mass is 437 g/mol. The van der Waals surface area contributed by atoms with E-state index in [1.807, 2.05) is 0 Å². The molecule has 0 bridgehead atoms. The molecule has 0 saturated carbocycles. The van der Waals surface area contributed by atoms with E-state index in [2.05, 4.69) is 41.6 Å². The minimum absolute atomic E-state index is 0.0199. The molecule has 5 nitrogen and oxygen atoms in total. The lowest BCUT2D eigenvalue weighted by atomic mass is 10.3. The van der Waals surface area contributed by atoms with E-state index in [4.69, 9.17) is 5.73 Å². The predicted molar refractivity (Wildman–Crippen MR) is 86.0 cm³/mol. The zero-order valence-electron chi connectivity index (χ0n) is 10.7. The number of aromatic nitrogens is 1. The first-order chi connectivity index (χ1) is 9.70. The van der Waals surface area contributed by atoms with Crippen LogP contribution in [0.4, 0.5) is 15.8 Å². The number of nitrogen functional groups attached to an aromatic ring is 1. The van der Waals surface area contributed by atoms with Crippen LogP contribution in [0.3, 0.4) is 0 Å². The van der Waals surface area contributed by atoms with Gasteiger partial charge < -0.3 is 5.73 Å². The van der Waals surface area contributed by atoms with E-state index in [-0.39, 0.29) is 15.8 Å². The summed E-state index contributed by atoms with van der Waals surface area (Å²) in [6.45, 7) is 1.63. The number of hydrogen-bond acceptors (Lipinski definition) is 4. The van der Waals surface area contributed by atoms with Crippen molar-refractivity contribution < 1.29 is 12.8 Å². The van der Waals surface area contributed by atoms with Gasteiger partial charge in [-0.05, 0) is 63.0 Å². The molecule has 0 aliphatic heterocycles. The van der Waals surface area contributed by atoms with Crippen molar-refractivity contribution in [3.63, 3.8) is 0 Å². The number of halogens is 3. The van der Waals surface area contributed by atoms with Gasteiger partial charge >= 0.3 is 0 Å². The summed E-state index contributed by atoms with van der Waals surface area (Å²) in [7, 11) is -4.11. The van der Waals surface area contributed by atoms with E-state index in [0.717, 1.165) is 6.07 Å². The van der Waals surface area contributed by atoms with Crippen molar-refractivity contribution in [3.8, 4) is 0 Å². The Labute approximate surface area is 138 Å². The summed E-state index contributed by atoms with van der Waals surface area (Å²) in [6, 6.07) is 5.46. The third-order valence-electron chi connectivity index (χ3n) is 2.60. The molecule has 0 atom stereocenters. The molecule has 1 aromatic heterocycles. The van der Waals surface area contributed by atoms with E-state index in [1.165, 1.54) is 12.1 Å². The molecule has 21 heavy (non-hydrogen) atoms. The molecule has 1 aromatic carbocycles. The van der Waals surface area contributed by atoms with Crippen LogP contribution in [-0.4, -0.2) is 13.4 Å². The molecule has 0 unspecified atom stereocenters. The molecule has 2 aromatic rings. The predicted octanol–water partition coefficient (Wildman–Crippen LogP) is 3.44. The summed E-state index contributed by atoms with van der Waals surface area (Å²) < 4.78 is 41.4. The zero-order valence-corrected chi connectivity index (χ0v) is 14.7. The Bertz CT molecular complexity index is 812. The second-order valence-electron chi connectivity index (χ2n) is 4.19. The normalized spacial score (nSPS) is 11.4. The van der Waals surface area contributed by atoms with Crippen molar-refractivity contribution in [1.82, 2.24) is 4.98 Å². The number of hydrogen-bond donors (Lipinski definition) is 2. The Morgan fingerprint density at radius 2 is 1.95 bits per heavy atom. The SMILES string of the molecule is Cc1nc(Br)ccc1NS(=O)(=O)c1cc(N)cc(Br)c1F. The van der Waals surface area contributed by atoms with E-state index in [1.54, 1.807) is 13.0 Å². The highest BCUT2D eigenvalue weighted by atomic mass is 79.9. The third-order valence-corrected chi connectivity index (χ3v) is 4.99. The zero-order chi connectivity index (χ0) is 15.8. The molecule has 0 radical (unpaired) electrons. The quantitative estimate of drug-likeness (QED) is 0.567. The number of aryl methyl sites for hydroxylation is 1. The third kappa shape index (κ3) is 3.53.